The van der Waals surface area contributed by atoms with Crippen LogP contribution in [-0.2, 0) is 23.8 Å². The fraction of sp³-hybridized carbons (Fsp3) is 0.500. The molecule has 0 amide bonds. The number of rotatable bonds is 7. The molecule has 6 nitrogen and oxygen atoms in total. The zero-order valence-electron chi connectivity index (χ0n) is 12.3. The number of aliphatic hydroxyl groups excluding tert-OH is 1. The molecular formula is C14H20O6S. The number of hydrogen-bond acceptors (Lipinski definition) is 6. The SMILES string of the molecule is CCOC(=O)[C@H](C)[C@H](O)COS(=O)(=O)c1ccc(C)cc1. The maximum atomic E-state index is 11.9. The smallest absolute Gasteiger partial charge is 0.311 e. The Morgan fingerprint density at radius 2 is 1.86 bits per heavy atom. The van der Waals surface area contributed by atoms with Crippen LogP contribution in [0, 0.1) is 12.8 Å². The number of benzene rings is 1. The first-order chi connectivity index (χ1) is 9.77. The Kier molecular flexibility index (Phi) is 6.32. The first kappa shape index (κ1) is 17.6. The lowest BCUT2D eigenvalue weighted by molar-refractivity contribution is -0.151. The van der Waals surface area contributed by atoms with E-state index in [-0.39, 0.29) is 11.5 Å². The van der Waals surface area contributed by atoms with E-state index in [2.05, 4.69) is 0 Å². The molecule has 0 spiro atoms. The molecule has 118 valence electrons. The minimum atomic E-state index is -3.96. The molecule has 2 atom stereocenters. The third-order valence-corrected chi connectivity index (χ3v) is 4.24. The van der Waals surface area contributed by atoms with E-state index >= 15 is 0 Å². The van der Waals surface area contributed by atoms with E-state index in [0.29, 0.717) is 0 Å². The van der Waals surface area contributed by atoms with Gasteiger partial charge in [0.05, 0.1) is 30.1 Å². The summed E-state index contributed by atoms with van der Waals surface area (Å²) in [6.07, 6.45) is -1.26. The highest BCUT2D eigenvalue weighted by Crippen LogP contribution is 2.15. The van der Waals surface area contributed by atoms with E-state index in [9.17, 15) is 18.3 Å². The van der Waals surface area contributed by atoms with Crippen molar-refractivity contribution in [3.05, 3.63) is 29.8 Å². The van der Waals surface area contributed by atoms with Gasteiger partial charge >= 0.3 is 5.97 Å². The maximum absolute atomic E-state index is 11.9. The van der Waals surface area contributed by atoms with E-state index in [1.54, 1.807) is 19.1 Å². The van der Waals surface area contributed by atoms with Crippen molar-refractivity contribution in [1.82, 2.24) is 0 Å². The second-order valence-electron chi connectivity index (χ2n) is 4.66. The lowest BCUT2D eigenvalue weighted by atomic mass is 10.1. The fourth-order valence-electron chi connectivity index (χ4n) is 1.51. The quantitative estimate of drug-likeness (QED) is 0.601. The molecule has 0 bridgehead atoms. The van der Waals surface area contributed by atoms with Crippen molar-refractivity contribution in [1.29, 1.82) is 0 Å². The summed E-state index contributed by atoms with van der Waals surface area (Å²) in [6.45, 7) is 4.62. The average molecular weight is 316 g/mol. The lowest BCUT2D eigenvalue weighted by Crippen LogP contribution is -2.32. The van der Waals surface area contributed by atoms with Crippen LogP contribution >= 0.6 is 0 Å². The molecular weight excluding hydrogens is 296 g/mol. The van der Waals surface area contributed by atoms with Gasteiger partial charge in [-0.2, -0.15) is 8.42 Å². The van der Waals surface area contributed by atoms with Gasteiger partial charge in [-0.3, -0.25) is 8.98 Å². The predicted molar refractivity (Wildman–Crippen MR) is 76.1 cm³/mol. The lowest BCUT2D eigenvalue weighted by Gasteiger charge is -2.17. The molecule has 1 aromatic carbocycles. The van der Waals surface area contributed by atoms with Crippen molar-refractivity contribution in [3.8, 4) is 0 Å². The minimum absolute atomic E-state index is 0.00378. The summed E-state index contributed by atoms with van der Waals surface area (Å²) in [5.41, 5.74) is 0.921. The molecule has 0 unspecified atom stereocenters. The molecule has 1 N–H and O–H groups in total. The van der Waals surface area contributed by atoms with Crippen molar-refractivity contribution < 1.29 is 27.2 Å². The monoisotopic (exact) mass is 316 g/mol. The van der Waals surface area contributed by atoms with Gasteiger partial charge in [0.2, 0.25) is 0 Å². The normalized spacial score (nSPS) is 14.5. The highest BCUT2D eigenvalue weighted by molar-refractivity contribution is 7.86. The Bertz CT molecular complexity index is 564. The Balaban J connectivity index is 2.65. The fourth-order valence-corrected chi connectivity index (χ4v) is 2.43. The number of esters is 1. The second-order valence-corrected chi connectivity index (χ2v) is 6.28. The number of ether oxygens (including phenoxy) is 1. The summed E-state index contributed by atoms with van der Waals surface area (Å²) in [5.74, 6) is -1.46. The van der Waals surface area contributed by atoms with Crippen LogP contribution in [0.3, 0.4) is 0 Å². The molecule has 21 heavy (non-hydrogen) atoms. The summed E-state index contributed by atoms with van der Waals surface area (Å²) in [6, 6.07) is 6.14. The molecule has 0 radical (unpaired) electrons. The van der Waals surface area contributed by atoms with E-state index in [4.69, 9.17) is 8.92 Å². The van der Waals surface area contributed by atoms with Crippen LogP contribution in [0.1, 0.15) is 19.4 Å². The largest absolute Gasteiger partial charge is 0.466 e. The summed E-state index contributed by atoms with van der Waals surface area (Å²) in [5, 5.41) is 9.78. The van der Waals surface area contributed by atoms with Crippen LogP contribution < -0.4 is 0 Å². The molecule has 1 aromatic rings. The average Bonchev–Trinajstić information content (AvgIpc) is 2.44. The predicted octanol–water partition coefficient (Wildman–Crippen LogP) is 1.26. The molecule has 0 saturated carbocycles. The van der Waals surface area contributed by atoms with Crippen molar-refractivity contribution >= 4 is 16.1 Å². The van der Waals surface area contributed by atoms with Crippen molar-refractivity contribution in [2.75, 3.05) is 13.2 Å². The van der Waals surface area contributed by atoms with Gasteiger partial charge in [0.25, 0.3) is 10.1 Å². The van der Waals surface area contributed by atoms with Crippen LogP contribution in [0.5, 0.6) is 0 Å². The van der Waals surface area contributed by atoms with Gasteiger partial charge in [-0.05, 0) is 32.9 Å². The topological polar surface area (TPSA) is 89.9 Å². The van der Waals surface area contributed by atoms with Gasteiger partial charge in [-0.1, -0.05) is 17.7 Å². The summed E-state index contributed by atoms with van der Waals surface area (Å²) >= 11 is 0. The van der Waals surface area contributed by atoms with Crippen molar-refractivity contribution in [3.63, 3.8) is 0 Å². The molecule has 0 aliphatic rings. The van der Waals surface area contributed by atoms with Gasteiger partial charge in [-0.15, -0.1) is 0 Å². The minimum Gasteiger partial charge on any atom is -0.466 e. The summed E-state index contributed by atoms with van der Waals surface area (Å²) < 4.78 is 33.4. The van der Waals surface area contributed by atoms with Crippen LogP contribution in [0.25, 0.3) is 0 Å². The number of carbonyl (C=O) groups is 1. The molecule has 7 heteroatoms. The van der Waals surface area contributed by atoms with Gasteiger partial charge in [0.1, 0.15) is 0 Å². The summed E-state index contributed by atoms with van der Waals surface area (Å²) in [4.78, 5) is 11.4. The number of hydrogen-bond donors (Lipinski definition) is 1. The van der Waals surface area contributed by atoms with Gasteiger partial charge in [-0.25, -0.2) is 0 Å². The third kappa shape index (κ3) is 5.11. The maximum Gasteiger partial charge on any atom is 0.311 e. The van der Waals surface area contributed by atoms with Crippen molar-refractivity contribution in [2.45, 2.75) is 31.8 Å². The standard InChI is InChI=1S/C14H20O6S/c1-4-19-14(16)11(3)13(15)9-20-21(17,18)12-7-5-10(2)6-8-12/h5-8,11,13,15H,4,9H2,1-3H3/t11-,13-/m1/s1. The highest BCUT2D eigenvalue weighted by atomic mass is 32.2. The van der Waals surface area contributed by atoms with E-state index in [0.717, 1.165) is 5.56 Å². The van der Waals surface area contributed by atoms with Crippen LogP contribution in [-0.4, -0.2) is 38.8 Å². The first-order valence-corrected chi connectivity index (χ1v) is 7.99. The van der Waals surface area contributed by atoms with Crippen LogP contribution in [0.15, 0.2) is 29.2 Å². The van der Waals surface area contributed by atoms with E-state index in [1.807, 2.05) is 6.92 Å². The molecule has 1 rings (SSSR count). The van der Waals surface area contributed by atoms with Gasteiger partial charge < -0.3 is 9.84 Å². The zero-order valence-corrected chi connectivity index (χ0v) is 13.1. The Labute approximate surface area is 124 Å². The van der Waals surface area contributed by atoms with Crippen molar-refractivity contribution in [2.24, 2.45) is 5.92 Å². The van der Waals surface area contributed by atoms with Crippen LogP contribution in [0.4, 0.5) is 0 Å². The Morgan fingerprint density at radius 3 is 2.38 bits per heavy atom. The second kappa shape index (κ2) is 7.53. The molecule has 0 saturated heterocycles. The molecule has 0 heterocycles. The van der Waals surface area contributed by atoms with Gasteiger partial charge in [0.15, 0.2) is 0 Å². The number of aliphatic hydroxyl groups is 1. The first-order valence-electron chi connectivity index (χ1n) is 6.58. The Hall–Kier alpha value is -1.44. The summed E-state index contributed by atoms with van der Waals surface area (Å²) in [7, 11) is -3.96. The molecule has 0 aliphatic carbocycles. The molecule has 0 fully saturated rings. The van der Waals surface area contributed by atoms with E-state index < -0.39 is 34.7 Å². The zero-order chi connectivity index (χ0) is 16.0. The highest BCUT2D eigenvalue weighted by Gasteiger charge is 2.26. The van der Waals surface area contributed by atoms with Crippen LogP contribution in [0.2, 0.25) is 0 Å². The third-order valence-electron chi connectivity index (χ3n) is 2.94. The molecule has 0 aliphatic heterocycles. The number of aryl methyl sites for hydroxylation is 1. The Morgan fingerprint density at radius 1 is 1.29 bits per heavy atom. The van der Waals surface area contributed by atoms with E-state index in [1.165, 1.54) is 19.1 Å². The van der Waals surface area contributed by atoms with Gasteiger partial charge in [0, 0.05) is 0 Å². The molecule has 0 aromatic heterocycles. The number of carbonyl (C=O) groups excluding carboxylic acids is 1.